The summed E-state index contributed by atoms with van der Waals surface area (Å²) in [4.78, 5) is 35.2. The van der Waals surface area contributed by atoms with Gasteiger partial charge in [0.2, 0.25) is 11.8 Å². The van der Waals surface area contributed by atoms with E-state index in [-0.39, 0.29) is 23.7 Å². The molecule has 8 heteroatoms. The quantitative estimate of drug-likeness (QED) is 0.638. The number of H-pyrrole nitrogens is 1. The van der Waals surface area contributed by atoms with Gasteiger partial charge in [-0.05, 0) is 42.7 Å². The number of carbonyl (C=O) groups is 2. The standard InChI is InChI=1S/C23H22ClFN4O2/c24-17-4-2-1-3-16(17)23(12-15-6-8-21(30)29(15)13-23)22(31)26-10-9-20-27-18-7-5-14(25)11-19(18)28-20/h1-5,7,11,15H,6,8-10,12-13H2,(H,26,31)(H,27,28). The Hall–Kier alpha value is -2.93. The summed E-state index contributed by atoms with van der Waals surface area (Å²) in [6.07, 6.45) is 2.36. The Morgan fingerprint density at radius 3 is 2.97 bits per heavy atom. The Balaban J connectivity index is 1.35. The minimum Gasteiger partial charge on any atom is -0.355 e. The maximum absolute atomic E-state index is 13.5. The second kappa shape index (κ2) is 7.64. The van der Waals surface area contributed by atoms with E-state index in [1.165, 1.54) is 12.1 Å². The molecular weight excluding hydrogens is 419 g/mol. The molecule has 0 saturated carbocycles. The molecule has 3 aromatic rings. The molecule has 2 aliphatic rings. The highest BCUT2D eigenvalue weighted by atomic mass is 35.5. The van der Waals surface area contributed by atoms with Crippen LogP contribution >= 0.6 is 11.6 Å². The van der Waals surface area contributed by atoms with Crippen molar-refractivity contribution >= 4 is 34.4 Å². The predicted octanol–water partition coefficient (Wildman–Crippen LogP) is 3.35. The van der Waals surface area contributed by atoms with Gasteiger partial charge in [0.05, 0.1) is 16.4 Å². The van der Waals surface area contributed by atoms with Crippen LogP contribution in [0.4, 0.5) is 4.39 Å². The molecule has 0 radical (unpaired) electrons. The van der Waals surface area contributed by atoms with Crippen molar-refractivity contribution < 1.29 is 14.0 Å². The summed E-state index contributed by atoms with van der Waals surface area (Å²) in [5.74, 6) is 0.315. The normalized spacial score (nSPS) is 22.8. The number of hydrogen-bond acceptors (Lipinski definition) is 3. The first-order valence-corrected chi connectivity index (χ1v) is 10.8. The number of nitrogens with one attached hydrogen (secondary N) is 2. The zero-order valence-electron chi connectivity index (χ0n) is 16.8. The fourth-order valence-corrected chi connectivity index (χ4v) is 5.24. The number of benzene rings is 2. The van der Waals surface area contributed by atoms with Crippen LogP contribution in [0.1, 0.15) is 30.7 Å². The van der Waals surface area contributed by atoms with Gasteiger partial charge in [-0.1, -0.05) is 29.8 Å². The molecule has 0 aliphatic carbocycles. The van der Waals surface area contributed by atoms with Gasteiger partial charge in [0.15, 0.2) is 0 Å². The van der Waals surface area contributed by atoms with Crippen LogP contribution in [-0.4, -0.2) is 45.8 Å². The molecule has 2 atom stereocenters. The van der Waals surface area contributed by atoms with E-state index in [0.29, 0.717) is 54.2 Å². The lowest BCUT2D eigenvalue weighted by Gasteiger charge is -2.29. The maximum Gasteiger partial charge on any atom is 0.232 e. The van der Waals surface area contributed by atoms with Gasteiger partial charge in [-0.3, -0.25) is 9.59 Å². The number of fused-ring (bicyclic) bond motifs is 2. The molecule has 0 bridgehead atoms. The van der Waals surface area contributed by atoms with Crippen molar-refractivity contribution in [2.24, 2.45) is 0 Å². The Morgan fingerprint density at radius 1 is 1.32 bits per heavy atom. The van der Waals surface area contributed by atoms with Crippen LogP contribution < -0.4 is 5.32 Å². The van der Waals surface area contributed by atoms with Gasteiger partial charge >= 0.3 is 0 Å². The Labute approximate surface area is 183 Å². The van der Waals surface area contributed by atoms with E-state index in [4.69, 9.17) is 11.6 Å². The van der Waals surface area contributed by atoms with Crippen LogP contribution in [0, 0.1) is 5.82 Å². The fourth-order valence-electron chi connectivity index (χ4n) is 4.93. The molecule has 6 nitrogen and oxygen atoms in total. The first-order valence-electron chi connectivity index (χ1n) is 10.4. The lowest BCUT2D eigenvalue weighted by Crippen LogP contribution is -2.47. The van der Waals surface area contributed by atoms with Gasteiger partial charge < -0.3 is 15.2 Å². The van der Waals surface area contributed by atoms with Gasteiger partial charge in [0, 0.05) is 37.0 Å². The molecular formula is C23H22ClFN4O2. The number of rotatable bonds is 5. The van der Waals surface area contributed by atoms with Crippen LogP contribution in [0.15, 0.2) is 42.5 Å². The monoisotopic (exact) mass is 440 g/mol. The van der Waals surface area contributed by atoms with Gasteiger partial charge in [0.25, 0.3) is 0 Å². The van der Waals surface area contributed by atoms with Crippen LogP contribution in [0.2, 0.25) is 5.02 Å². The first kappa shape index (κ1) is 20.0. The molecule has 2 N–H and O–H groups in total. The molecule has 5 rings (SSSR count). The molecule has 2 amide bonds. The SMILES string of the molecule is O=C1CCC2CC(C(=O)NCCc3nc4ccc(F)cc4[nH]3)(c3ccccc3Cl)CN12. The Kier molecular flexibility index (Phi) is 4.93. The minimum absolute atomic E-state index is 0.0693. The highest BCUT2D eigenvalue weighted by Crippen LogP contribution is 2.45. The van der Waals surface area contributed by atoms with Gasteiger partial charge in [-0.25, -0.2) is 9.37 Å². The van der Waals surface area contributed by atoms with E-state index in [9.17, 15) is 14.0 Å². The molecule has 2 fully saturated rings. The van der Waals surface area contributed by atoms with Gasteiger partial charge in [0.1, 0.15) is 11.6 Å². The largest absolute Gasteiger partial charge is 0.355 e. The average molecular weight is 441 g/mol. The van der Waals surface area contributed by atoms with Crippen LogP contribution in [0.5, 0.6) is 0 Å². The van der Waals surface area contributed by atoms with Crippen molar-refractivity contribution in [2.75, 3.05) is 13.1 Å². The summed E-state index contributed by atoms with van der Waals surface area (Å²) in [6, 6.07) is 11.8. The number of amides is 2. The zero-order valence-corrected chi connectivity index (χ0v) is 17.6. The topological polar surface area (TPSA) is 78.1 Å². The third-order valence-electron chi connectivity index (χ3n) is 6.44. The maximum atomic E-state index is 13.5. The van der Waals surface area contributed by atoms with E-state index in [0.717, 1.165) is 12.0 Å². The fraction of sp³-hybridized carbons (Fsp3) is 0.348. The van der Waals surface area contributed by atoms with Crippen molar-refractivity contribution in [3.05, 3.63) is 64.7 Å². The summed E-state index contributed by atoms with van der Waals surface area (Å²) in [7, 11) is 0. The van der Waals surface area contributed by atoms with Crippen LogP contribution in [-0.2, 0) is 21.4 Å². The summed E-state index contributed by atoms with van der Waals surface area (Å²) in [5, 5.41) is 3.56. The number of imidazole rings is 1. The molecule has 2 unspecified atom stereocenters. The molecule has 3 heterocycles. The second-order valence-electron chi connectivity index (χ2n) is 8.33. The minimum atomic E-state index is -0.865. The van der Waals surface area contributed by atoms with E-state index < -0.39 is 5.41 Å². The summed E-state index contributed by atoms with van der Waals surface area (Å²) in [6.45, 7) is 0.710. The van der Waals surface area contributed by atoms with Crippen molar-refractivity contribution in [3.63, 3.8) is 0 Å². The molecule has 160 valence electrons. The van der Waals surface area contributed by atoms with E-state index >= 15 is 0 Å². The van der Waals surface area contributed by atoms with Crippen molar-refractivity contribution in [1.29, 1.82) is 0 Å². The predicted molar refractivity (Wildman–Crippen MR) is 115 cm³/mol. The highest BCUT2D eigenvalue weighted by molar-refractivity contribution is 6.31. The van der Waals surface area contributed by atoms with E-state index in [2.05, 4.69) is 15.3 Å². The number of hydrogen-bond donors (Lipinski definition) is 2. The van der Waals surface area contributed by atoms with Gasteiger partial charge in [-0.15, -0.1) is 0 Å². The average Bonchev–Trinajstić information content (AvgIpc) is 3.42. The zero-order chi connectivity index (χ0) is 21.6. The number of halogens is 2. The molecule has 0 spiro atoms. The van der Waals surface area contributed by atoms with Gasteiger partial charge in [-0.2, -0.15) is 0 Å². The van der Waals surface area contributed by atoms with Crippen molar-refractivity contribution in [2.45, 2.75) is 37.1 Å². The van der Waals surface area contributed by atoms with E-state index in [1.54, 1.807) is 12.1 Å². The molecule has 31 heavy (non-hydrogen) atoms. The van der Waals surface area contributed by atoms with Crippen molar-refractivity contribution in [1.82, 2.24) is 20.2 Å². The smallest absolute Gasteiger partial charge is 0.232 e. The third-order valence-corrected chi connectivity index (χ3v) is 6.77. The number of aromatic nitrogens is 2. The van der Waals surface area contributed by atoms with Crippen LogP contribution in [0.25, 0.3) is 11.0 Å². The lowest BCUT2D eigenvalue weighted by molar-refractivity contribution is -0.129. The lowest BCUT2D eigenvalue weighted by atomic mass is 9.76. The van der Waals surface area contributed by atoms with E-state index in [1.807, 2.05) is 23.1 Å². The Morgan fingerprint density at radius 2 is 2.16 bits per heavy atom. The molecule has 2 saturated heterocycles. The Bertz CT molecular complexity index is 1180. The molecule has 2 aliphatic heterocycles. The summed E-state index contributed by atoms with van der Waals surface area (Å²) >= 11 is 6.49. The third kappa shape index (κ3) is 3.47. The molecule has 2 aromatic carbocycles. The number of nitrogens with zero attached hydrogens (tertiary/aromatic N) is 2. The highest BCUT2D eigenvalue weighted by Gasteiger charge is 2.54. The summed E-state index contributed by atoms with van der Waals surface area (Å²) < 4.78 is 13.4. The van der Waals surface area contributed by atoms with Crippen LogP contribution in [0.3, 0.4) is 0 Å². The molecule has 1 aromatic heterocycles. The summed E-state index contributed by atoms with van der Waals surface area (Å²) in [5.41, 5.74) is 1.21. The second-order valence-corrected chi connectivity index (χ2v) is 8.74. The number of carbonyl (C=O) groups excluding carboxylic acids is 2. The number of aromatic amines is 1. The van der Waals surface area contributed by atoms with Crippen molar-refractivity contribution in [3.8, 4) is 0 Å². The first-order chi connectivity index (χ1) is 15.0.